The Labute approximate surface area is 137 Å². The third-order valence-electron chi connectivity index (χ3n) is 4.12. The Bertz CT molecular complexity index is 562. The maximum Gasteiger partial charge on any atom is 0.347 e. The van der Waals surface area contributed by atoms with E-state index in [1.54, 1.807) is 18.2 Å². The first-order valence-electron chi connectivity index (χ1n) is 8.17. The SMILES string of the molecule is CC(C)(Oc1cccc(CC(=O)NC2CCCCC2)c1)C(=O)O. The lowest BCUT2D eigenvalue weighted by molar-refractivity contribution is -0.152. The average Bonchev–Trinajstić information content (AvgIpc) is 2.47. The van der Waals surface area contributed by atoms with Gasteiger partial charge in [0.1, 0.15) is 5.75 Å². The van der Waals surface area contributed by atoms with Gasteiger partial charge in [0.15, 0.2) is 5.60 Å². The Balaban J connectivity index is 1.94. The van der Waals surface area contributed by atoms with Crippen molar-refractivity contribution < 1.29 is 19.4 Å². The van der Waals surface area contributed by atoms with Crippen LogP contribution in [-0.4, -0.2) is 28.6 Å². The lowest BCUT2D eigenvalue weighted by Gasteiger charge is -2.23. The molecule has 0 spiro atoms. The molecule has 1 fully saturated rings. The maximum absolute atomic E-state index is 12.1. The zero-order valence-electron chi connectivity index (χ0n) is 13.8. The van der Waals surface area contributed by atoms with Crippen LogP contribution < -0.4 is 10.1 Å². The summed E-state index contributed by atoms with van der Waals surface area (Å²) in [7, 11) is 0. The number of aliphatic carboxylic acids is 1. The van der Waals surface area contributed by atoms with E-state index < -0.39 is 11.6 Å². The van der Waals surface area contributed by atoms with Crippen LogP contribution in [-0.2, 0) is 16.0 Å². The van der Waals surface area contributed by atoms with Crippen LogP contribution in [0.3, 0.4) is 0 Å². The van der Waals surface area contributed by atoms with Gasteiger partial charge in [0.05, 0.1) is 6.42 Å². The van der Waals surface area contributed by atoms with Gasteiger partial charge in [-0.2, -0.15) is 0 Å². The van der Waals surface area contributed by atoms with Gasteiger partial charge in [0, 0.05) is 6.04 Å². The van der Waals surface area contributed by atoms with Gasteiger partial charge in [-0.1, -0.05) is 31.4 Å². The highest BCUT2D eigenvalue weighted by atomic mass is 16.5. The van der Waals surface area contributed by atoms with Gasteiger partial charge in [-0.15, -0.1) is 0 Å². The smallest absolute Gasteiger partial charge is 0.347 e. The lowest BCUT2D eigenvalue weighted by Crippen LogP contribution is -2.38. The van der Waals surface area contributed by atoms with E-state index in [4.69, 9.17) is 9.84 Å². The Morgan fingerprint density at radius 3 is 2.61 bits per heavy atom. The molecule has 0 aromatic heterocycles. The molecule has 1 aromatic carbocycles. The molecule has 1 aliphatic rings. The van der Waals surface area contributed by atoms with Crippen LogP contribution in [0.4, 0.5) is 0 Å². The number of hydrogen-bond donors (Lipinski definition) is 2. The van der Waals surface area contributed by atoms with E-state index in [2.05, 4.69) is 5.32 Å². The standard InChI is InChI=1S/C18H25NO4/c1-18(2,17(21)22)23-15-10-6-7-13(11-15)12-16(20)19-14-8-4-3-5-9-14/h6-7,10-11,14H,3-5,8-9,12H2,1-2H3,(H,19,20)(H,21,22). The summed E-state index contributed by atoms with van der Waals surface area (Å²) in [6.45, 7) is 3.00. The van der Waals surface area contributed by atoms with Crippen molar-refractivity contribution in [2.45, 2.75) is 64.0 Å². The fraction of sp³-hybridized carbons (Fsp3) is 0.556. The molecule has 1 aliphatic carbocycles. The molecule has 0 atom stereocenters. The van der Waals surface area contributed by atoms with Crippen LogP contribution in [0.5, 0.6) is 5.75 Å². The van der Waals surface area contributed by atoms with E-state index in [0.717, 1.165) is 18.4 Å². The van der Waals surface area contributed by atoms with E-state index in [0.29, 0.717) is 11.8 Å². The lowest BCUT2D eigenvalue weighted by atomic mass is 9.95. The Hall–Kier alpha value is -2.04. The third-order valence-corrected chi connectivity index (χ3v) is 4.12. The van der Waals surface area contributed by atoms with Crippen LogP contribution in [0.1, 0.15) is 51.5 Å². The second-order valence-corrected chi connectivity index (χ2v) is 6.64. The summed E-state index contributed by atoms with van der Waals surface area (Å²) in [6.07, 6.45) is 6.01. The first-order chi connectivity index (χ1) is 10.9. The minimum atomic E-state index is -1.30. The molecule has 0 saturated heterocycles. The molecule has 23 heavy (non-hydrogen) atoms. The van der Waals surface area contributed by atoms with Gasteiger partial charge >= 0.3 is 5.97 Å². The largest absolute Gasteiger partial charge is 0.478 e. The highest BCUT2D eigenvalue weighted by molar-refractivity contribution is 5.79. The molecule has 0 heterocycles. The van der Waals surface area contributed by atoms with Gasteiger partial charge in [0.2, 0.25) is 5.91 Å². The zero-order valence-corrected chi connectivity index (χ0v) is 13.8. The normalized spacial score (nSPS) is 15.9. The Morgan fingerprint density at radius 2 is 1.96 bits per heavy atom. The number of carbonyl (C=O) groups is 2. The molecule has 2 N–H and O–H groups in total. The topological polar surface area (TPSA) is 75.6 Å². The predicted molar refractivity (Wildman–Crippen MR) is 87.5 cm³/mol. The first-order valence-corrected chi connectivity index (χ1v) is 8.17. The van der Waals surface area contributed by atoms with E-state index in [9.17, 15) is 9.59 Å². The van der Waals surface area contributed by atoms with Gasteiger partial charge in [-0.3, -0.25) is 4.79 Å². The quantitative estimate of drug-likeness (QED) is 0.845. The van der Waals surface area contributed by atoms with Crippen LogP contribution in [0.15, 0.2) is 24.3 Å². The van der Waals surface area contributed by atoms with Crippen molar-refractivity contribution in [1.82, 2.24) is 5.32 Å². The molecule has 1 aromatic rings. The number of benzene rings is 1. The van der Waals surface area contributed by atoms with Crippen molar-refractivity contribution in [2.75, 3.05) is 0 Å². The first kappa shape index (κ1) is 17.3. The molecular formula is C18H25NO4. The van der Waals surface area contributed by atoms with Crippen molar-refractivity contribution >= 4 is 11.9 Å². The van der Waals surface area contributed by atoms with Crippen molar-refractivity contribution in [3.05, 3.63) is 29.8 Å². The molecule has 5 heteroatoms. The molecule has 1 amide bonds. The Kier molecular flexibility index (Phi) is 5.64. The summed E-state index contributed by atoms with van der Waals surface area (Å²) in [6, 6.07) is 7.34. The van der Waals surface area contributed by atoms with Gasteiger partial charge in [-0.05, 0) is 44.4 Å². The number of hydrogen-bond acceptors (Lipinski definition) is 3. The number of rotatable bonds is 6. The monoisotopic (exact) mass is 319 g/mol. The van der Waals surface area contributed by atoms with Crippen LogP contribution in [0.2, 0.25) is 0 Å². The second kappa shape index (κ2) is 7.49. The van der Waals surface area contributed by atoms with Crippen molar-refractivity contribution in [3.8, 4) is 5.75 Å². The number of carbonyl (C=O) groups excluding carboxylic acids is 1. The molecule has 2 rings (SSSR count). The van der Waals surface area contributed by atoms with E-state index in [1.165, 1.54) is 33.1 Å². The molecule has 0 aliphatic heterocycles. The van der Waals surface area contributed by atoms with Crippen LogP contribution >= 0.6 is 0 Å². The minimum absolute atomic E-state index is 0.00606. The van der Waals surface area contributed by atoms with Crippen molar-refractivity contribution in [2.24, 2.45) is 0 Å². The summed E-state index contributed by atoms with van der Waals surface area (Å²) in [4.78, 5) is 23.3. The number of ether oxygens (including phenoxy) is 1. The summed E-state index contributed by atoms with van der Waals surface area (Å²) in [5, 5.41) is 12.2. The minimum Gasteiger partial charge on any atom is -0.478 e. The van der Waals surface area contributed by atoms with Crippen molar-refractivity contribution in [3.63, 3.8) is 0 Å². The molecule has 0 bridgehead atoms. The third kappa shape index (κ3) is 5.27. The number of amides is 1. The highest BCUT2D eigenvalue weighted by Gasteiger charge is 2.29. The number of carboxylic acids is 1. The summed E-state index contributed by atoms with van der Waals surface area (Å²) in [5.74, 6) is -0.565. The molecule has 0 unspecified atom stereocenters. The maximum atomic E-state index is 12.1. The van der Waals surface area contributed by atoms with E-state index in [1.807, 2.05) is 6.07 Å². The molecular weight excluding hydrogens is 294 g/mol. The molecule has 1 saturated carbocycles. The molecule has 5 nitrogen and oxygen atoms in total. The van der Waals surface area contributed by atoms with Crippen LogP contribution in [0.25, 0.3) is 0 Å². The summed E-state index contributed by atoms with van der Waals surface area (Å²) < 4.78 is 5.50. The van der Waals surface area contributed by atoms with Gasteiger partial charge < -0.3 is 15.2 Å². The molecule has 126 valence electrons. The van der Waals surface area contributed by atoms with Gasteiger partial charge in [-0.25, -0.2) is 4.79 Å². The fourth-order valence-electron chi connectivity index (χ4n) is 2.77. The van der Waals surface area contributed by atoms with Crippen LogP contribution in [0, 0.1) is 0 Å². The average molecular weight is 319 g/mol. The zero-order chi connectivity index (χ0) is 16.9. The van der Waals surface area contributed by atoms with Crippen molar-refractivity contribution in [1.29, 1.82) is 0 Å². The highest BCUT2D eigenvalue weighted by Crippen LogP contribution is 2.21. The Morgan fingerprint density at radius 1 is 1.26 bits per heavy atom. The number of nitrogens with one attached hydrogen (secondary N) is 1. The number of carboxylic acid groups (broad SMARTS) is 1. The summed E-state index contributed by atoms with van der Waals surface area (Å²) in [5.41, 5.74) is -0.486. The van der Waals surface area contributed by atoms with Gasteiger partial charge in [0.25, 0.3) is 0 Å². The van der Waals surface area contributed by atoms with E-state index >= 15 is 0 Å². The molecule has 0 radical (unpaired) electrons. The fourth-order valence-corrected chi connectivity index (χ4v) is 2.77. The van der Waals surface area contributed by atoms with E-state index in [-0.39, 0.29) is 12.3 Å². The summed E-state index contributed by atoms with van der Waals surface area (Å²) >= 11 is 0. The second-order valence-electron chi connectivity index (χ2n) is 6.64. The predicted octanol–water partition coefficient (Wildman–Crippen LogP) is 2.92.